The molecular formula is C14H18O6. The first-order chi connectivity index (χ1) is 9.51. The van der Waals surface area contributed by atoms with E-state index in [1.807, 2.05) is 6.92 Å². The van der Waals surface area contributed by atoms with Gasteiger partial charge in [-0.1, -0.05) is 19.8 Å². The Hall–Kier alpha value is -1.72. The molecule has 0 N–H and O–H groups in total. The number of carbonyl (C=O) groups is 4. The van der Waals surface area contributed by atoms with Gasteiger partial charge in [0.1, 0.15) is 0 Å². The van der Waals surface area contributed by atoms with E-state index in [9.17, 15) is 19.2 Å². The Bertz CT molecular complexity index is 441. The molecule has 3 unspecified atom stereocenters. The molecule has 0 amide bonds. The van der Waals surface area contributed by atoms with Gasteiger partial charge in [0.15, 0.2) is 0 Å². The Kier molecular flexibility index (Phi) is 4.52. The number of hydrogen-bond donors (Lipinski definition) is 0. The van der Waals surface area contributed by atoms with Crippen molar-refractivity contribution >= 4 is 23.9 Å². The number of rotatable bonds is 6. The van der Waals surface area contributed by atoms with Crippen molar-refractivity contribution in [2.45, 2.75) is 45.4 Å². The standard InChI is InChI=1S/C14H18O6/c1-2-8(10-7-12(16)20-14(10)18)4-3-5-9-6-11(15)19-13(9)17/h8-10H,2-7H2,1H3. The third-order valence-corrected chi connectivity index (χ3v) is 4.09. The average molecular weight is 282 g/mol. The molecule has 0 saturated carbocycles. The highest BCUT2D eigenvalue weighted by Gasteiger charge is 2.38. The lowest BCUT2D eigenvalue weighted by Crippen LogP contribution is -2.19. The molecule has 3 atom stereocenters. The van der Waals surface area contributed by atoms with Crippen molar-refractivity contribution < 1.29 is 28.7 Å². The first-order valence-corrected chi connectivity index (χ1v) is 7.00. The molecule has 6 heteroatoms. The predicted molar refractivity (Wildman–Crippen MR) is 66.0 cm³/mol. The van der Waals surface area contributed by atoms with Crippen LogP contribution in [0.1, 0.15) is 45.4 Å². The summed E-state index contributed by atoms with van der Waals surface area (Å²) in [7, 11) is 0. The average Bonchev–Trinajstić information content (AvgIpc) is 2.87. The van der Waals surface area contributed by atoms with E-state index in [2.05, 4.69) is 9.47 Å². The van der Waals surface area contributed by atoms with Crippen LogP contribution in [0, 0.1) is 17.8 Å². The summed E-state index contributed by atoms with van der Waals surface area (Å²) < 4.78 is 9.06. The zero-order valence-corrected chi connectivity index (χ0v) is 11.4. The Morgan fingerprint density at radius 1 is 1.05 bits per heavy atom. The van der Waals surface area contributed by atoms with Gasteiger partial charge in [-0.15, -0.1) is 0 Å². The first kappa shape index (κ1) is 14.7. The van der Waals surface area contributed by atoms with E-state index in [4.69, 9.17) is 0 Å². The SMILES string of the molecule is CCC(CCCC1CC(=O)OC1=O)C1CC(=O)OC1=O. The quantitative estimate of drug-likeness (QED) is 0.540. The van der Waals surface area contributed by atoms with Crippen LogP contribution >= 0.6 is 0 Å². The van der Waals surface area contributed by atoms with Gasteiger partial charge >= 0.3 is 23.9 Å². The van der Waals surface area contributed by atoms with Gasteiger partial charge in [0.25, 0.3) is 0 Å². The molecule has 0 radical (unpaired) electrons. The van der Waals surface area contributed by atoms with Crippen LogP contribution in [0.15, 0.2) is 0 Å². The zero-order valence-electron chi connectivity index (χ0n) is 11.4. The lowest BCUT2D eigenvalue weighted by Gasteiger charge is -2.18. The maximum atomic E-state index is 11.5. The fraction of sp³-hybridized carbons (Fsp3) is 0.714. The van der Waals surface area contributed by atoms with Crippen LogP contribution in [-0.4, -0.2) is 23.9 Å². The van der Waals surface area contributed by atoms with Crippen LogP contribution in [0.3, 0.4) is 0 Å². The summed E-state index contributed by atoms with van der Waals surface area (Å²) >= 11 is 0. The summed E-state index contributed by atoms with van der Waals surface area (Å²) in [6, 6.07) is 0. The summed E-state index contributed by atoms with van der Waals surface area (Å²) in [5.74, 6) is -2.42. The molecule has 0 aromatic heterocycles. The van der Waals surface area contributed by atoms with Crippen molar-refractivity contribution in [3.05, 3.63) is 0 Å². The van der Waals surface area contributed by atoms with Crippen LogP contribution in [0.2, 0.25) is 0 Å². The highest BCUT2D eigenvalue weighted by atomic mass is 16.6. The molecule has 110 valence electrons. The van der Waals surface area contributed by atoms with Gasteiger partial charge < -0.3 is 9.47 Å². The minimum absolute atomic E-state index is 0.0853. The minimum Gasteiger partial charge on any atom is -0.393 e. The topological polar surface area (TPSA) is 86.7 Å². The molecule has 0 aromatic rings. The molecule has 0 aliphatic carbocycles. The smallest absolute Gasteiger partial charge is 0.317 e. The van der Waals surface area contributed by atoms with Crippen LogP contribution < -0.4 is 0 Å². The fourth-order valence-electron chi connectivity index (χ4n) is 2.91. The highest BCUT2D eigenvalue weighted by Crippen LogP contribution is 2.32. The zero-order chi connectivity index (χ0) is 14.7. The van der Waals surface area contributed by atoms with E-state index in [1.54, 1.807) is 0 Å². The van der Waals surface area contributed by atoms with Crippen molar-refractivity contribution in [3.8, 4) is 0 Å². The van der Waals surface area contributed by atoms with Crippen molar-refractivity contribution in [1.29, 1.82) is 0 Å². The molecule has 0 aromatic carbocycles. The largest absolute Gasteiger partial charge is 0.393 e. The third kappa shape index (κ3) is 3.23. The summed E-state index contributed by atoms with van der Waals surface area (Å²) in [5, 5.41) is 0. The van der Waals surface area contributed by atoms with Crippen molar-refractivity contribution in [3.63, 3.8) is 0 Å². The molecular weight excluding hydrogens is 264 g/mol. The molecule has 6 nitrogen and oxygen atoms in total. The Morgan fingerprint density at radius 2 is 1.70 bits per heavy atom. The molecule has 2 saturated heterocycles. The van der Waals surface area contributed by atoms with E-state index in [0.717, 1.165) is 19.3 Å². The molecule has 2 aliphatic heterocycles. The molecule has 20 heavy (non-hydrogen) atoms. The maximum Gasteiger partial charge on any atom is 0.317 e. The summed E-state index contributed by atoms with van der Waals surface area (Å²) in [6.45, 7) is 1.97. The van der Waals surface area contributed by atoms with Gasteiger partial charge in [0.05, 0.1) is 24.7 Å². The van der Waals surface area contributed by atoms with Gasteiger partial charge in [-0.2, -0.15) is 0 Å². The van der Waals surface area contributed by atoms with Crippen LogP contribution in [0.25, 0.3) is 0 Å². The lowest BCUT2D eigenvalue weighted by molar-refractivity contribution is -0.155. The summed E-state index contributed by atoms with van der Waals surface area (Å²) in [4.78, 5) is 44.9. The second-order valence-corrected chi connectivity index (χ2v) is 5.40. The van der Waals surface area contributed by atoms with Gasteiger partial charge in [-0.25, -0.2) is 0 Å². The Labute approximate surface area is 116 Å². The second kappa shape index (κ2) is 6.15. The molecule has 2 rings (SSSR count). The van der Waals surface area contributed by atoms with E-state index in [-0.39, 0.29) is 30.6 Å². The predicted octanol–water partition coefficient (Wildman–Crippen LogP) is 1.36. The fourth-order valence-corrected chi connectivity index (χ4v) is 2.91. The molecule has 0 bridgehead atoms. The molecule has 2 heterocycles. The van der Waals surface area contributed by atoms with E-state index < -0.39 is 23.9 Å². The number of carbonyl (C=O) groups excluding carboxylic acids is 4. The van der Waals surface area contributed by atoms with Gasteiger partial charge in [-0.3, -0.25) is 19.2 Å². The van der Waals surface area contributed by atoms with Gasteiger partial charge in [0, 0.05) is 0 Å². The summed E-state index contributed by atoms with van der Waals surface area (Å²) in [5.41, 5.74) is 0. The minimum atomic E-state index is -0.461. The van der Waals surface area contributed by atoms with Crippen LogP contribution in [0.4, 0.5) is 0 Å². The van der Waals surface area contributed by atoms with E-state index in [0.29, 0.717) is 6.42 Å². The van der Waals surface area contributed by atoms with Crippen LogP contribution in [-0.2, 0) is 28.7 Å². The lowest BCUT2D eigenvalue weighted by atomic mass is 9.84. The second-order valence-electron chi connectivity index (χ2n) is 5.40. The third-order valence-electron chi connectivity index (χ3n) is 4.09. The van der Waals surface area contributed by atoms with Crippen molar-refractivity contribution in [2.24, 2.45) is 17.8 Å². The van der Waals surface area contributed by atoms with E-state index >= 15 is 0 Å². The maximum absolute atomic E-state index is 11.5. The Morgan fingerprint density at radius 3 is 2.20 bits per heavy atom. The van der Waals surface area contributed by atoms with Crippen LogP contribution in [0.5, 0.6) is 0 Å². The summed E-state index contributed by atoms with van der Waals surface area (Å²) in [6.07, 6.45) is 3.13. The van der Waals surface area contributed by atoms with Crippen molar-refractivity contribution in [2.75, 3.05) is 0 Å². The first-order valence-electron chi connectivity index (χ1n) is 7.00. The number of esters is 4. The van der Waals surface area contributed by atoms with Crippen molar-refractivity contribution in [1.82, 2.24) is 0 Å². The normalized spacial score (nSPS) is 27.6. The number of ether oxygens (including phenoxy) is 2. The number of hydrogen-bond acceptors (Lipinski definition) is 6. The van der Waals surface area contributed by atoms with Gasteiger partial charge in [0.2, 0.25) is 0 Å². The van der Waals surface area contributed by atoms with E-state index in [1.165, 1.54) is 0 Å². The highest BCUT2D eigenvalue weighted by molar-refractivity contribution is 5.95. The van der Waals surface area contributed by atoms with Gasteiger partial charge in [-0.05, 0) is 18.8 Å². The monoisotopic (exact) mass is 282 g/mol. The Balaban J connectivity index is 1.80. The molecule has 0 spiro atoms. The number of cyclic esters (lactones) is 4. The molecule has 2 aliphatic rings. The molecule has 2 fully saturated rings.